The van der Waals surface area contributed by atoms with Crippen LogP contribution < -0.4 is 0 Å². The topological polar surface area (TPSA) is 23.5 Å². The van der Waals surface area contributed by atoms with Crippen LogP contribution in [0.5, 0.6) is 0 Å². The lowest BCUT2D eigenvalue weighted by Crippen LogP contribution is -2.34. The van der Waals surface area contributed by atoms with E-state index in [1.54, 1.807) is 0 Å². The summed E-state index contributed by atoms with van der Waals surface area (Å²) in [7, 11) is 0. The second kappa shape index (κ2) is 7.24. The van der Waals surface area contributed by atoms with Gasteiger partial charge in [0.15, 0.2) is 0 Å². The van der Waals surface area contributed by atoms with Gasteiger partial charge >= 0.3 is 0 Å². The maximum Gasteiger partial charge on any atom is 0.0512 e. The van der Waals surface area contributed by atoms with Crippen LogP contribution in [-0.4, -0.2) is 35.7 Å². The number of likely N-dealkylation sites (tertiary alicyclic amines) is 1. The van der Waals surface area contributed by atoms with Crippen molar-refractivity contribution in [1.29, 1.82) is 0 Å². The molecular weight excluding hydrogens is 186 g/mol. The van der Waals surface area contributed by atoms with Crippen LogP contribution in [0.15, 0.2) is 0 Å². The summed E-state index contributed by atoms with van der Waals surface area (Å²) < 4.78 is 0. The molecular formula is C13H27NO. The van der Waals surface area contributed by atoms with Gasteiger partial charge in [0, 0.05) is 0 Å². The van der Waals surface area contributed by atoms with E-state index in [0.29, 0.717) is 0 Å². The standard InChI is InChI=1S/C13H27NO/c1-3-13-7-10-14(11-8-13)9-5-4-6-12(2)15/h12-13,15H,3-11H2,1-2H3. The van der Waals surface area contributed by atoms with Gasteiger partial charge in [-0.15, -0.1) is 0 Å². The molecule has 1 unspecified atom stereocenters. The fourth-order valence-corrected chi connectivity index (χ4v) is 2.39. The summed E-state index contributed by atoms with van der Waals surface area (Å²) in [4.78, 5) is 2.59. The van der Waals surface area contributed by atoms with Crippen LogP contribution in [0.4, 0.5) is 0 Å². The van der Waals surface area contributed by atoms with Crippen molar-refractivity contribution in [2.45, 2.75) is 58.5 Å². The van der Waals surface area contributed by atoms with Gasteiger partial charge in [0.05, 0.1) is 6.10 Å². The van der Waals surface area contributed by atoms with Crippen LogP contribution in [0, 0.1) is 5.92 Å². The first kappa shape index (κ1) is 13.0. The Morgan fingerprint density at radius 2 is 1.93 bits per heavy atom. The summed E-state index contributed by atoms with van der Waals surface area (Å²) in [5, 5.41) is 9.14. The zero-order valence-corrected chi connectivity index (χ0v) is 10.4. The third-order valence-corrected chi connectivity index (χ3v) is 3.63. The highest BCUT2D eigenvalue weighted by molar-refractivity contribution is 4.71. The van der Waals surface area contributed by atoms with Gasteiger partial charge in [-0.2, -0.15) is 0 Å². The third kappa shape index (κ3) is 5.53. The van der Waals surface area contributed by atoms with E-state index in [9.17, 15) is 0 Å². The minimum Gasteiger partial charge on any atom is -0.393 e. The van der Waals surface area contributed by atoms with Crippen LogP contribution in [0.3, 0.4) is 0 Å². The molecule has 1 heterocycles. The van der Waals surface area contributed by atoms with Crippen molar-refractivity contribution in [2.75, 3.05) is 19.6 Å². The lowest BCUT2D eigenvalue weighted by Gasteiger charge is -2.31. The normalized spacial score (nSPS) is 21.8. The number of aliphatic hydroxyl groups excluding tert-OH is 1. The predicted octanol–water partition coefficient (Wildman–Crippen LogP) is 2.66. The SMILES string of the molecule is CCC1CCN(CCCCC(C)O)CC1. The molecule has 2 heteroatoms. The Labute approximate surface area is 94.7 Å². The number of hydrogen-bond donors (Lipinski definition) is 1. The Morgan fingerprint density at radius 1 is 1.27 bits per heavy atom. The minimum atomic E-state index is -0.115. The molecule has 1 atom stereocenters. The van der Waals surface area contributed by atoms with Crippen LogP contribution in [-0.2, 0) is 0 Å². The maximum atomic E-state index is 9.14. The number of aliphatic hydroxyl groups is 1. The van der Waals surface area contributed by atoms with Crippen molar-refractivity contribution in [3.63, 3.8) is 0 Å². The number of rotatable bonds is 6. The number of piperidine rings is 1. The molecule has 2 nitrogen and oxygen atoms in total. The van der Waals surface area contributed by atoms with Crippen LogP contribution in [0.25, 0.3) is 0 Å². The van der Waals surface area contributed by atoms with Crippen LogP contribution in [0.2, 0.25) is 0 Å². The van der Waals surface area contributed by atoms with E-state index in [-0.39, 0.29) is 6.10 Å². The van der Waals surface area contributed by atoms with Crippen molar-refractivity contribution in [2.24, 2.45) is 5.92 Å². The quantitative estimate of drug-likeness (QED) is 0.686. The van der Waals surface area contributed by atoms with Crippen LogP contribution in [0.1, 0.15) is 52.4 Å². The van der Waals surface area contributed by atoms with Crippen molar-refractivity contribution < 1.29 is 5.11 Å². The molecule has 0 bridgehead atoms. The average molecular weight is 213 g/mol. The minimum absolute atomic E-state index is 0.115. The zero-order valence-electron chi connectivity index (χ0n) is 10.4. The summed E-state index contributed by atoms with van der Waals surface area (Å²) in [5.41, 5.74) is 0. The highest BCUT2D eigenvalue weighted by atomic mass is 16.3. The van der Waals surface area contributed by atoms with E-state index in [1.807, 2.05) is 6.92 Å². The number of unbranched alkanes of at least 4 members (excludes halogenated alkanes) is 1. The van der Waals surface area contributed by atoms with Gasteiger partial charge in [-0.3, -0.25) is 0 Å². The molecule has 0 spiro atoms. The second-order valence-corrected chi connectivity index (χ2v) is 5.04. The molecule has 1 aliphatic heterocycles. The first-order valence-corrected chi connectivity index (χ1v) is 6.62. The lowest BCUT2D eigenvalue weighted by molar-refractivity contribution is 0.163. The largest absolute Gasteiger partial charge is 0.393 e. The van der Waals surface area contributed by atoms with Gasteiger partial charge in [0.2, 0.25) is 0 Å². The van der Waals surface area contributed by atoms with Gasteiger partial charge in [0.25, 0.3) is 0 Å². The van der Waals surface area contributed by atoms with Gasteiger partial charge in [-0.1, -0.05) is 13.3 Å². The summed E-state index contributed by atoms with van der Waals surface area (Å²) in [6, 6.07) is 0. The van der Waals surface area contributed by atoms with E-state index in [1.165, 1.54) is 51.7 Å². The fraction of sp³-hybridized carbons (Fsp3) is 1.00. The number of nitrogens with zero attached hydrogens (tertiary/aromatic N) is 1. The smallest absolute Gasteiger partial charge is 0.0512 e. The molecule has 1 rings (SSSR count). The molecule has 0 aromatic rings. The Balaban J connectivity index is 1.99. The van der Waals surface area contributed by atoms with Gasteiger partial charge in [-0.25, -0.2) is 0 Å². The summed E-state index contributed by atoms with van der Waals surface area (Å²) >= 11 is 0. The summed E-state index contributed by atoms with van der Waals surface area (Å²) in [6.45, 7) is 8.03. The zero-order chi connectivity index (χ0) is 11.1. The Kier molecular flexibility index (Phi) is 6.26. The monoisotopic (exact) mass is 213 g/mol. The van der Waals surface area contributed by atoms with Gasteiger partial charge in [-0.05, 0) is 64.6 Å². The van der Waals surface area contributed by atoms with E-state index in [2.05, 4.69) is 11.8 Å². The van der Waals surface area contributed by atoms with Crippen molar-refractivity contribution >= 4 is 0 Å². The highest BCUT2D eigenvalue weighted by Crippen LogP contribution is 2.20. The summed E-state index contributed by atoms with van der Waals surface area (Å²) in [6.07, 6.45) is 7.42. The van der Waals surface area contributed by atoms with Crippen molar-refractivity contribution in [1.82, 2.24) is 4.90 Å². The molecule has 0 saturated carbocycles. The van der Waals surface area contributed by atoms with Gasteiger partial charge in [0.1, 0.15) is 0 Å². The molecule has 0 amide bonds. The maximum absolute atomic E-state index is 9.14. The molecule has 1 aliphatic rings. The first-order valence-electron chi connectivity index (χ1n) is 6.62. The second-order valence-electron chi connectivity index (χ2n) is 5.04. The Hall–Kier alpha value is -0.0800. The van der Waals surface area contributed by atoms with E-state index < -0.39 is 0 Å². The van der Waals surface area contributed by atoms with E-state index >= 15 is 0 Å². The lowest BCUT2D eigenvalue weighted by atomic mass is 9.94. The molecule has 1 saturated heterocycles. The van der Waals surface area contributed by atoms with E-state index in [4.69, 9.17) is 5.11 Å². The highest BCUT2D eigenvalue weighted by Gasteiger charge is 2.16. The number of hydrogen-bond acceptors (Lipinski definition) is 2. The molecule has 0 aromatic heterocycles. The molecule has 0 radical (unpaired) electrons. The van der Waals surface area contributed by atoms with Crippen molar-refractivity contribution in [3.05, 3.63) is 0 Å². The Bertz CT molecular complexity index is 151. The Morgan fingerprint density at radius 3 is 2.47 bits per heavy atom. The van der Waals surface area contributed by atoms with E-state index in [0.717, 1.165) is 12.3 Å². The summed E-state index contributed by atoms with van der Waals surface area (Å²) in [5.74, 6) is 0.985. The molecule has 1 N–H and O–H groups in total. The fourth-order valence-electron chi connectivity index (χ4n) is 2.39. The van der Waals surface area contributed by atoms with Crippen molar-refractivity contribution in [3.8, 4) is 0 Å². The third-order valence-electron chi connectivity index (χ3n) is 3.63. The van der Waals surface area contributed by atoms with Crippen LogP contribution >= 0.6 is 0 Å². The first-order chi connectivity index (χ1) is 7.22. The molecule has 1 fully saturated rings. The molecule has 15 heavy (non-hydrogen) atoms. The average Bonchev–Trinajstić information content (AvgIpc) is 2.25. The van der Waals surface area contributed by atoms with Gasteiger partial charge < -0.3 is 10.0 Å². The predicted molar refractivity (Wildman–Crippen MR) is 65.0 cm³/mol. The molecule has 90 valence electrons. The molecule has 0 aromatic carbocycles. The molecule has 0 aliphatic carbocycles.